The van der Waals surface area contributed by atoms with E-state index in [4.69, 9.17) is 4.74 Å². The van der Waals surface area contributed by atoms with Crippen LogP contribution in [0.25, 0.3) is 0 Å². The SMILES string of the molecule is CN=C(NCc1ccccc1CN1CCCC1=O)N(C)CCOCC1CC1.I. The number of halogens is 1. The summed E-state index contributed by atoms with van der Waals surface area (Å²) in [5, 5.41) is 3.44. The van der Waals surface area contributed by atoms with E-state index in [1.165, 1.54) is 24.0 Å². The lowest BCUT2D eigenvalue weighted by Crippen LogP contribution is -2.40. The molecule has 0 bridgehead atoms. The van der Waals surface area contributed by atoms with E-state index in [1.54, 1.807) is 7.05 Å². The number of amides is 1. The minimum atomic E-state index is 0. The molecule has 2 aliphatic rings. The molecule has 1 aliphatic heterocycles. The Bertz CT molecular complexity index is 664. The molecule has 0 atom stereocenters. The molecule has 1 saturated carbocycles. The van der Waals surface area contributed by atoms with E-state index >= 15 is 0 Å². The fourth-order valence-electron chi connectivity index (χ4n) is 3.36. The summed E-state index contributed by atoms with van der Waals surface area (Å²) >= 11 is 0. The van der Waals surface area contributed by atoms with Crippen LogP contribution in [0.3, 0.4) is 0 Å². The van der Waals surface area contributed by atoms with Gasteiger partial charge in [0.15, 0.2) is 5.96 Å². The van der Waals surface area contributed by atoms with Gasteiger partial charge in [0.1, 0.15) is 0 Å². The van der Waals surface area contributed by atoms with Crippen molar-refractivity contribution in [3.63, 3.8) is 0 Å². The predicted molar refractivity (Wildman–Crippen MR) is 123 cm³/mol. The Morgan fingerprint density at radius 3 is 2.71 bits per heavy atom. The first kappa shape index (κ1) is 22.9. The van der Waals surface area contributed by atoms with Crippen LogP contribution in [0, 0.1) is 5.92 Å². The number of ether oxygens (including phenoxy) is 1. The zero-order valence-corrected chi connectivity index (χ0v) is 19.4. The first-order chi connectivity index (χ1) is 13.2. The number of nitrogens with zero attached hydrogens (tertiary/aromatic N) is 3. The van der Waals surface area contributed by atoms with Gasteiger partial charge in [0.05, 0.1) is 6.61 Å². The minimum Gasteiger partial charge on any atom is -0.379 e. The van der Waals surface area contributed by atoms with E-state index in [0.717, 1.165) is 44.6 Å². The fourth-order valence-corrected chi connectivity index (χ4v) is 3.36. The van der Waals surface area contributed by atoms with E-state index in [9.17, 15) is 4.79 Å². The number of carbonyl (C=O) groups is 1. The number of rotatable bonds is 9. The first-order valence-corrected chi connectivity index (χ1v) is 10.0. The maximum atomic E-state index is 11.9. The summed E-state index contributed by atoms with van der Waals surface area (Å²) in [4.78, 5) is 20.4. The molecule has 3 rings (SSSR count). The molecule has 1 aliphatic carbocycles. The summed E-state index contributed by atoms with van der Waals surface area (Å²) in [6.07, 6.45) is 4.29. The van der Waals surface area contributed by atoms with E-state index in [0.29, 0.717) is 19.5 Å². The van der Waals surface area contributed by atoms with Gasteiger partial charge in [-0.15, -0.1) is 24.0 Å². The summed E-state index contributed by atoms with van der Waals surface area (Å²) in [6.45, 7) is 4.68. The van der Waals surface area contributed by atoms with E-state index < -0.39 is 0 Å². The maximum Gasteiger partial charge on any atom is 0.222 e. The number of likely N-dealkylation sites (N-methyl/N-ethyl adjacent to an activating group) is 1. The molecule has 6 nitrogen and oxygen atoms in total. The number of aliphatic imine (C=N–C) groups is 1. The molecule has 28 heavy (non-hydrogen) atoms. The number of nitrogens with one attached hydrogen (secondary N) is 1. The van der Waals surface area contributed by atoms with Gasteiger partial charge in [0.25, 0.3) is 0 Å². The molecule has 0 unspecified atom stereocenters. The van der Waals surface area contributed by atoms with Gasteiger partial charge in [0.2, 0.25) is 5.91 Å². The van der Waals surface area contributed by atoms with Crippen molar-refractivity contribution in [3.05, 3.63) is 35.4 Å². The Balaban J connectivity index is 0.00000280. The number of guanidine groups is 1. The number of likely N-dealkylation sites (tertiary alicyclic amines) is 1. The van der Waals surface area contributed by atoms with Crippen LogP contribution in [-0.2, 0) is 22.6 Å². The van der Waals surface area contributed by atoms with Crippen molar-refractivity contribution in [2.24, 2.45) is 10.9 Å². The highest BCUT2D eigenvalue weighted by molar-refractivity contribution is 14.0. The molecule has 1 aromatic carbocycles. The third kappa shape index (κ3) is 6.92. The molecule has 1 amide bonds. The van der Waals surface area contributed by atoms with E-state index in [2.05, 4.69) is 27.3 Å². The standard InChI is InChI=1S/C21H32N4O2.HI/c1-22-21(24(2)12-13-27-16-17-9-10-17)23-14-18-6-3-4-7-19(18)15-25-11-5-8-20(25)26;/h3-4,6-7,17H,5,8-16H2,1-2H3,(H,22,23);1H. The topological polar surface area (TPSA) is 57.2 Å². The minimum absolute atomic E-state index is 0. The fraction of sp³-hybridized carbons (Fsp3) is 0.619. The van der Waals surface area contributed by atoms with Crippen molar-refractivity contribution >= 4 is 35.8 Å². The Morgan fingerprint density at radius 2 is 2.07 bits per heavy atom. The molecule has 0 radical (unpaired) electrons. The van der Waals surface area contributed by atoms with Crippen LogP contribution < -0.4 is 5.32 Å². The third-order valence-electron chi connectivity index (χ3n) is 5.28. The van der Waals surface area contributed by atoms with Crippen LogP contribution in [0.2, 0.25) is 0 Å². The van der Waals surface area contributed by atoms with Crippen molar-refractivity contribution in [2.75, 3.05) is 40.4 Å². The molecule has 156 valence electrons. The number of carbonyl (C=O) groups excluding carboxylic acids is 1. The molecule has 1 saturated heterocycles. The van der Waals surface area contributed by atoms with Crippen LogP contribution in [0.15, 0.2) is 29.3 Å². The number of hydrogen-bond acceptors (Lipinski definition) is 3. The quantitative estimate of drug-likeness (QED) is 0.245. The van der Waals surface area contributed by atoms with Crippen LogP contribution in [0.4, 0.5) is 0 Å². The van der Waals surface area contributed by atoms with Crippen molar-refractivity contribution in [3.8, 4) is 0 Å². The molecule has 1 heterocycles. The van der Waals surface area contributed by atoms with E-state index in [-0.39, 0.29) is 29.9 Å². The van der Waals surface area contributed by atoms with Crippen molar-refractivity contribution in [1.29, 1.82) is 0 Å². The van der Waals surface area contributed by atoms with Gasteiger partial charge in [-0.3, -0.25) is 9.79 Å². The molecule has 0 spiro atoms. The molecule has 2 fully saturated rings. The molecule has 7 heteroatoms. The zero-order chi connectivity index (χ0) is 19.1. The van der Waals surface area contributed by atoms with Gasteiger partial charge >= 0.3 is 0 Å². The Hall–Kier alpha value is -1.35. The number of benzene rings is 1. The highest BCUT2D eigenvalue weighted by Crippen LogP contribution is 2.28. The molecular weight excluding hydrogens is 467 g/mol. The monoisotopic (exact) mass is 500 g/mol. The van der Waals surface area contributed by atoms with Crippen molar-refractivity contribution in [2.45, 2.75) is 38.8 Å². The normalized spacial score (nSPS) is 16.9. The second kappa shape index (κ2) is 11.6. The Kier molecular flexibility index (Phi) is 9.50. The molecular formula is C21H33IN4O2. The van der Waals surface area contributed by atoms with Gasteiger partial charge < -0.3 is 19.9 Å². The lowest BCUT2D eigenvalue weighted by Gasteiger charge is -2.23. The Labute approximate surface area is 185 Å². The smallest absolute Gasteiger partial charge is 0.222 e. The first-order valence-electron chi connectivity index (χ1n) is 10.0. The highest BCUT2D eigenvalue weighted by Gasteiger charge is 2.22. The predicted octanol–water partition coefficient (Wildman–Crippen LogP) is 2.86. The van der Waals surface area contributed by atoms with Crippen LogP contribution >= 0.6 is 24.0 Å². The van der Waals surface area contributed by atoms with Gasteiger partial charge in [-0.25, -0.2) is 0 Å². The van der Waals surface area contributed by atoms with Crippen molar-refractivity contribution in [1.82, 2.24) is 15.1 Å². The second-order valence-electron chi connectivity index (χ2n) is 7.53. The maximum absolute atomic E-state index is 11.9. The number of hydrogen-bond donors (Lipinski definition) is 1. The second-order valence-corrected chi connectivity index (χ2v) is 7.53. The molecule has 1 N–H and O–H groups in total. The average molecular weight is 500 g/mol. The van der Waals surface area contributed by atoms with Crippen LogP contribution in [0.5, 0.6) is 0 Å². The van der Waals surface area contributed by atoms with Gasteiger partial charge in [0, 0.05) is 53.3 Å². The van der Waals surface area contributed by atoms with Crippen molar-refractivity contribution < 1.29 is 9.53 Å². The molecule has 0 aromatic heterocycles. The summed E-state index contributed by atoms with van der Waals surface area (Å²) < 4.78 is 5.73. The Morgan fingerprint density at radius 1 is 1.32 bits per heavy atom. The average Bonchev–Trinajstić information content (AvgIpc) is 3.42. The third-order valence-corrected chi connectivity index (χ3v) is 5.28. The largest absolute Gasteiger partial charge is 0.379 e. The summed E-state index contributed by atoms with van der Waals surface area (Å²) in [6, 6.07) is 8.32. The molecule has 1 aromatic rings. The summed E-state index contributed by atoms with van der Waals surface area (Å²) in [7, 11) is 3.84. The zero-order valence-electron chi connectivity index (χ0n) is 17.0. The van der Waals surface area contributed by atoms with Gasteiger partial charge in [-0.05, 0) is 36.3 Å². The summed E-state index contributed by atoms with van der Waals surface area (Å²) in [5.41, 5.74) is 2.41. The van der Waals surface area contributed by atoms with Crippen LogP contribution in [-0.4, -0.2) is 62.1 Å². The van der Waals surface area contributed by atoms with Crippen LogP contribution in [0.1, 0.15) is 36.8 Å². The van der Waals surface area contributed by atoms with Gasteiger partial charge in [-0.2, -0.15) is 0 Å². The lowest BCUT2D eigenvalue weighted by molar-refractivity contribution is -0.128. The summed E-state index contributed by atoms with van der Waals surface area (Å²) in [5.74, 6) is 1.92. The highest BCUT2D eigenvalue weighted by atomic mass is 127. The van der Waals surface area contributed by atoms with E-state index in [1.807, 2.05) is 24.1 Å². The van der Waals surface area contributed by atoms with Gasteiger partial charge in [-0.1, -0.05) is 24.3 Å². The lowest BCUT2D eigenvalue weighted by atomic mass is 10.1.